The van der Waals surface area contributed by atoms with E-state index in [0.717, 1.165) is 59.9 Å². The number of ketones is 1. The largest absolute Gasteiger partial charge is 0.505 e. The van der Waals surface area contributed by atoms with Crippen LogP contribution in [0.4, 0.5) is 5.69 Å². The van der Waals surface area contributed by atoms with Crippen molar-refractivity contribution in [3.63, 3.8) is 0 Å². The van der Waals surface area contributed by atoms with Gasteiger partial charge in [-0.15, -0.1) is 0 Å². The maximum Gasteiger partial charge on any atom is 0.171 e. The van der Waals surface area contributed by atoms with Gasteiger partial charge in [0, 0.05) is 29.6 Å². The number of aromatic nitrogens is 1. The normalized spacial score (nSPS) is 18.6. The van der Waals surface area contributed by atoms with Gasteiger partial charge in [0.2, 0.25) is 0 Å². The summed E-state index contributed by atoms with van der Waals surface area (Å²) in [6, 6.07) is 9.61. The minimum Gasteiger partial charge on any atom is -0.505 e. The van der Waals surface area contributed by atoms with Crippen LogP contribution < -0.4 is 5.32 Å². The molecular formula is C29H35Cl2N3O2. The van der Waals surface area contributed by atoms with E-state index in [1.165, 1.54) is 0 Å². The van der Waals surface area contributed by atoms with Crippen LogP contribution in [0.5, 0.6) is 5.75 Å². The van der Waals surface area contributed by atoms with E-state index >= 15 is 0 Å². The van der Waals surface area contributed by atoms with Crippen molar-refractivity contribution in [2.24, 2.45) is 11.3 Å². The van der Waals surface area contributed by atoms with E-state index in [4.69, 9.17) is 23.2 Å². The number of aromatic hydroxyl groups is 1. The van der Waals surface area contributed by atoms with Crippen molar-refractivity contribution < 1.29 is 9.90 Å². The van der Waals surface area contributed by atoms with Gasteiger partial charge in [-0.3, -0.25) is 9.78 Å². The van der Waals surface area contributed by atoms with E-state index in [1.807, 2.05) is 39.0 Å². The van der Waals surface area contributed by atoms with Crippen molar-refractivity contribution in [3.05, 3.63) is 52.1 Å². The number of pyridine rings is 1. The van der Waals surface area contributed by atoms with E-state index in [1.54, 1.807) is 18.3 Å². The molecule has 2 aromatic carbocycles. The first kappa shape index (κ1) is 26.7. The zero-order chi connectivity index (χ0) is 26.2. The van der Waals surface area contributed by atoms with Gasteiger partial charge >= 0.3 is 0 Å². The first-order valence-electron chi connectivity index (χ1n) is 12.5. The molecule has 0 bridgehead atoms. The Labute approximate surface area is 223 Å². The van der Waals surface area contributed by atoms with E-state index in [-0.39, 0.29) is 21.6 Å². The number of carbonyl (C=O) groups is 1. The lowest BCUT2D eigenvalue weighted by Crippen LogP contribution is -2.32. The molecule has 2 N–H and O–H groups in total. The van der Waals surface area contributed by atoms with Gasteiger partial charge in [0.15, 0.2) is 11.5 Å². The van der Waals surface area contributed by atoms with Gasteiger partial charge < -0.3 is 15.3 Å². The average molecular weight is 529 g/mol. The van der Waals surface area contributed by atoms with E-state index in [0.29, 0.717) is 17.5 Å². The summed E-state index contributed by atoms with van der Waals surface area (Å²) in [6.07, 6.45) is 6.17. The predicted molar refractivity (Wildman–Crippen MR) is 151 cm³/mol. The van der Waals surface area contributed by atoms with E-state index in [9.17, 15) is 9.90 Å². The molecule has 0 atom stereocenters. The molecule has 0 aliphatic heterocycles. The van der Waals surface area contributed by atoms with Crippen LogP contribution >= 0.6 is 23.2 Å². The summed E-state index contributed by atoms with van der Waals surface area (Å²) < 4.78 is 0. The number of nitrogens with one attached hydrogen (secondary N) is 1. The second-order valence-corrected chi connectivity index (χ2v) is 12.1. The number of phenolic OH excluding ortho intramolecular Hbond substituents is 1. The highest BCUT2D eigenvalue weighted by molar-refractivity contribution is 6.37. The summed E-state index contributed by atoms with van der Waals surface area (Å²) in [5.41, 5.74) is 3.39. The molecule has 3 aromatic rings. The molecule has 0 amide bonds. The molecule has 0 radical (unpaired) electrons. The van der Waals surface area contributed by atoms with Gasteiger partial charge in [0.25, 0.3) is 0 Å². The Kier molecular flexibility index (Phi) is 7.84. The third-order valence-corrected chi connectivity index (χ3v) is 7.54. The Morgan fingerprint density at radius 3 is 2.28 bits per heavy atom. The Hall–Kier alpha value is -2.34. The fourth-order valence-electron chi connectivity index (χ4n) is 5.05. The Morgan fingerprint density at radius 2 is 1.69 bits per heavy atom. The van der Waals surface area contributed by atoms with E-state index in [2.05, 4.69) is 29.3 Å². The van der Waals surface area contributed by atoms with Crippen LogP contribution in [0.1, 0.15) is 56.8 Å². The molecule has 5 nitrogen and oxygen atoms in total. The van der Waals surface area contributed by atoms with Crippen molar-refractivity contribution in [3.8, 4) is 16.9 Å². The molecule has 0 saturated heterocycles. The van der Waals surface area contributed by atoms with Crippen LogP contribution in [0.15, 0.2) is 36.5 Å². The summed E-state index contributed by atoms with van der Waals surface area (Å²) in [5, 5.41) is 15.0. The quantitative estimate of drug-likeness (QED) is 0.322. The molecule has 0 unspecified atom stereocenters. The number of Topliss-reactive ketones (excluding diaryl/α,β-unsaturated/α-hetero) is 1. The van der Waals surface area contributed by atoms with Crippen molar-refractivity contribution in [2.45, 2.75) is 52.5 Å². The highest BCUT2D eigenvalue weighted by Crippen LogP contribution is 2.39. The molecular weight excluding hydrogens is 493 g/mol. The molecule has 1 saturated carbocycles. The molecule has 1 heterocycles. The van der Waals surface area contributed by atoms with Gasteiger partial charge in [0.05, 0.1) is 26.8 Å². The summed E-state index contributed by atoms with van der Waals surface area (Å²) in [7, 11) is 4.26. The molecule has 36 heavy (non-hydrogen) atoms. The lowest BCUT2D eigenvalue weighted by atomic mass is 9.84. The highest BCUT2D eigenvalue weighted by Gasteiger charge is 2.29. The first-order valence-corrected chi connectivity index (χ1v) is 13.3. The third kappa shape index (κ3) is 5.80. The van der Waals surface area contributed by atoms with Crippen molar-refractivity contribution in [1.82, 2.24) is 9.88 Å². The molecule has 1 aromatic heterocycles. The molecule has 1 aliphatic rings. The maximum absolute atomic E-state index is 13.5. The highest BCUT2D eigenvalue weighted by atomic mass is 35.5. The van der Waals surface area contributed by atoms with Gasteiger partial charge in [-0.2, -0.15) is 0 Å². The van der Waals surface area contributed by atoms with Crippen LogP contribution in [0, 0.1) is 11.3 Å². The minimum absolute atomic E-state index is 0.0572. The van der Waals surface area contributed by atoms with Crippen LogP contribution in [-0.4, -0.2) is 47.5 Å². The smallest absolute Gasteiger partial charge is 0.171 e. The Bertz CT molecular complexity index is 1250. The third-order valence-electron chi connectivity index (χ3n) is 6.96. The standard InChI is InChI=1S/C29H35Cl2N3O2/c1-29(2,3)28(36)22-15-32-25-11-8-18(19-13-23(30)27(35)24(31)14-19)12-21(25)26(22)33-20-9-6-17(7-10-20)16-34(4)5/h8,11-15,17,20,35H,6-7,9-10,16H2,1-5H3,(H,32,33)/t17-,20-. The fourth-order valence-corrected chi connectivity index (χ4v) is 5.53. The second-order valence-electron chi connectivity index (χ2n) is 11.3. The van der Waals surface area contributed by atoms with Crippen LogP contribution in [0.3, 0.4) is 0 Å². The summed E-state index contributed by atoms with van der Waals surface area (Å²) in [6.45, 7) is 6.92. The molecule has 192 valence electrons. The summed E-state index contributed by atoms with van der Waals surface area (Å²) in [4.78, 5) is 20.4. The van der Waals surface area contributed by atoms with Gasteiger partial charge in [-0.25, -0.2) is 0 Å². The zero-order valence-electron chi connectivity index (χ0n) is 21.7. The number of phenols is 1. The number of hydrogen-bond acceptors (Lipinski definition) is 5. The van der Waals surface area contributed by atoms with E-state index < -0.39 is 5.41 Å². The van der Waals surface area contributed by atoms with Crippen LogP contribution in [0.25, 0.3) is 22.0 Å². The lowest BCUT2D eigenvalue weighted by molar-refractivity contribution is 0.0859. The number of halogens is 2. The number of nitrogens with zero attached hydrogens (tertiary/aromatic N) is 2. The second kappa shape index (κ2) is 10.6. The fraction of sp³-hybridized carbons (Fsp3) is 0.448. The van der Waals surface area contributed by atoms with Gasteiger partial charge in [0.1, 0.15) is 0 Å². The monoisotopic (exact) mass is 527 g/mol. The minimum atomic E-state index is -0.537. The van der Waals surface area contributed by atoms with Crippen LogP contribution in [-0.2, 0) is 0 Å². The number of benzene rings is 2. The SMILES string of the molecule is CN(C)C[C@H]1CC[C@H](Nc2c(C(=O)C(C)(C)C)cnc3ccc(-c4cc(Cl)c(O)c(Cl)c4)cc23)CC1. The lowest BCUT2D eigenvalue weighted by Gasteiger charge is -2.32. The maximum atomic E-state index is 13.5. The van der Waals surface area contributed by atoms with Crippen molar-refractivity contribution in [2.75, 3.05) is 26.0 Å². The number of carbonyl (C=O) groups excluding carboxylic acids is 1. The summed E-state index contributed by atoms with van der Waals surface area (Å²) in [5.74, 6) is 0.634. The molecule has 1 fully saturated rings. The first-order chi connectivity index (χ1) is 16.9. The number of fused-ring (bicyclic) bond motifs is 1. The Balaban J connectivity index is 1.77. The molecule has 1 aliphatic carbocycles. The summed E-state index contributed by atoms with van der Waals surface area (Å²) >= 11 is 12.4. The topological polar surface area (TPSA) is 65.5 Å². The number of rotatable bonds is 6. The number of hydrogen-bond donors (Lipinski definition) is 2. The Morgan fingerprint density at radius 1 is 1.06 bits per heavy atom. The predicted octanol–water partition coefficient (Wildman–Crippen LogP) is 7.68. The van der Waals surface area contributed by atoms with Crippen molar-refractivity contribution in [1.29, 1.82) is 0 Å². The van der Waals surface area contributed by atoms with Gasteiger partial charge in [-0.1, -0.05) is 50.0 Å². The molecule has 7 heteroatoms. The van der Waals surface area contributed by atoms with Gasteiger partial charge in [-0.05, 0) is 81.1 Å². The molecule has 0 spiro atoms. The van der Waals surface area contributed by atoms with Crippen LogP contribution in [0.2, 0.25) is 10.0 Å². The van der Waals surface area contributed by atoms with Crippen molar-refractivity contribution >= 4 is 45.6 Å². The average Bonchev–Trinajstić information content (AvgIpc) is 2.82. The molecule has 4 rings (SSSR count). The number of anilines is 1. The zero-order valence-corrected chi connectivity index (χ0v) is 23.2.